The summed E-state index contributed by atoms with van der Waals surface area (Å²) in [5, 5.41) is 18.9. The van der Waals surface area contributed by atoms with Crippen molar-refractivity contribution in [2.45, 2.75) is 83.3 Å². The molecule has 148 valence electrons. The van der Waals surface area contributed by atoms with Crippen LogP contribution in [0.15, 0.2) is 0 Å². The van der Waals surface area contributed by atoms with E-state index in [0.29, 0.717) is 17.4 Å². The van der Waals surface area contributed by atoms with Crippen LogP contribution >= 0.6 is 0 Å². The normalized spacial score (nSPS) is 14.1. The number of aliphatic carboxylic acids is 1. The molecule has 0 saturated heterocycles. The molecule has 0 aliphatic rings. The van der Waals surface area contributed by atoms with Crippen molar-refractivity contribution in [3.63, 3.8) is 0 Å². The number of esters is 1. The van der Waals surface area contributed by atoms with Gasteiger partial charge in [-0.2, -0.15) is 0 Å². The monoisotopic (exact) mass is 360 g/mol. The quantitative estimate of drug-likeness (QED) is 0.266. The van der Waals surface area contributed by atoms with Crippen LogP contribution in [0.1, 0.15) is 71.1 Å². The van der Waals surface area contributed by atoms with Crippen LogP contribution in [0.4, 0.5) is 0 Å². The highest BCUT2D eigenvalue weighted by Crippen LogP contribution is 2.13. The Kier molecular flexibility index (Phi) is 12.5. The van der Waals surface area contributed by atoms with E-state index < -0.39 is 24.1 Å². The molecule has 0 heterocycles. The molecule has 6 heteroatoms. The van der Waals surface area contributed by atoms with Crippen molar-refractivity contribution in [2.75, 3.05) is 27.7 Å². The fourth-order valence-corrected chi connectivity index (χ4v) is 2.81. The van der Waals surface area contributed by atoms with Crippen LogP contribution in [0, 0.1) is 0 Å². The average Bonchev–Trinajstić information content (AvgIpc) is 2.43. The largest absolute Gasteiger partial charge is 0.481 e. The van der Waals surface area contributed by atoms with Crippen molar-refractivity contribution in [3.8, 4) is 0 Å². The summed E-state index contributed by atoms with van der Waals surface area (Å²) in [6, 6.07) is 0. The van der Waals surface area contributed by atoms with Gasteiger partial charge < -0.3 is 19.4 Å². The lowest BCUT2D eigenvalue weighted by atomic mass is 10.0. The number of nitrogens with zero attached hydrogens (tertiary/aromatic N) is 1. The number of carboxylic acid groups (broad SMARTS) is 1. The van der Waals surface area contributed by atoms with E-state index in [2.05, 4.69) is 6.92 Å². The second-order valence-electron chi connectivity index (χ2n) is 7.95. The van der Waals surface area contributed by atoms with Crippen molar-refractivity contribution in [1.29, 1.82) is 0 Å². The minimum absolute atomic E-state index is 0.0664. The Labute approximate surface area is 152 Å². The van der Waals surface area contributed by atoms with Crippen molar-refractivity contribution < 1.29 is 29.0 Å². The number of hydrogen-bond donors (Lipinski definition) is 2. The minimum Gasteiger partial charge on any atom is -0.481 e. The molecular formula is C19H38NO5+. The Morgan fingerprint density at radius 2 is 1.52 bits per heavy atom. The Hall–Kier alpha value is -1.14. The first-order chi connectivity index (χ1) is 11.6. The number of hydrogen-bond acceptors (Lipinski definition) is 4. The smallest absolute Gasteiger partial charge is 0.308 e. The summed E-state index contributed by atoms with van der Waals surface area (Å²) in [5.74, 6) is -1.51. The number of quaternary nitrogens is 1. The molecule has 0 bridgehead atoms. The zero-order valence-corrected chi connectivity index (χ0v) is 16.5. The molecule has 0 aromatic heterocycles. The number of carbonyl (C=O) groups is 2. The maximum Gasteiger partial charge on any atom is 0.308 e. The van der Waals surface area contributed by atoms with E-state index in [1.165, 1.54) is 32.1 Å². The number of carboxylic acids is 1. The van der Waals surface area contributed by atoms with E-state index in [1.54, 1.807) is 0 Å². The second kappa shape index (κ2) is 13.1. The molecule has 0 amide bonds. The molecule has 0 radical (unpaired) electrons. The van der Waals surface area contributed by atoms with E-state index in [4.69, 9.17) is 9.84 Å². The van der Waals surface area contributed by atoms with Gasteiger partial charge in [0.1, 0.15) is 6.54 Å². The van der Waals surface area contributed by atoms with E-state index in [-0.39, 0.29) is 12.8 Å². The Bertz CT molecular complexity index is 379. The average molecular weight is 361 g/mol. The molecule has 0 saturated carbocycles. The maximum absolute atomic E-state index is 12.0. The van der Waals surface area contributed by atoms with Gasteiger partial charge in [-0.25, -0.2) is 0 Å². The fourth-order valence-electron chi connectivity index (χ4n) is 2.81. The first-order valence-electron chi connectivity index (χ1n) is 9.53. The molecule has 0 rings (SSSR count). The number of aliphatic hydroxyl groups excluding tert-OH is 1. The number of ether oxygens (including phenoxy) is 1. The van der Waals surface area contributed by atoms with Gasteiger partial charge in [-0.15, -0.1) is 0 Å². The van der Waals surface area contributed by atoms with Crippen LogP contribution in [-0.2, 0) is 14.3 Å². The summed E-state index contributed by atoms with van der Waals surface area (Å²) in [7, 11) is 5.74. The van der Waals surface area contributed by atoms with Crippen LogP contribution in [0.2, 0.25) is 0 Å². The topological polar surface area (TPSA) is 83.8 Å². The van der Waals surface area contributed by atoms with Crippen LogP contribution in [-0.4, -0.2) is 66.5 Å². The predicted molar refractivity (Wildman–Crippen MR) is 98.3 cm³/mol. The standard InChI is InChI=1S/C19H37NO5/c1-5-6-7-8-9-10-11-12-16(21)13-19(24)25-17(14-18(22)23)15-20(2,3)4/h16-17,21H,5-15H2,1-4H3/p+1. The first-order valence-corrected chi connectivity index (χ1v) is 9.53. The van der Waals surface area contributed by atoms with Gasteiger partial charge >= 0.3 is 11.9 Å². The third-order valence-corrected chi connectivity index (χ3v) is 3.99. The summed E-state index contributed by atoms with van der Waals surface area (Å²) in [6.07, 6.45) is 7.07. The second-order valence-corrected chi connectivity index (χ2v) is 7.95. The molecule has 2 N–H and O–H groups in total. The lowest BCUT2D eigenvalue weighted by Crippen LogP contribution is -2.44. The first kappa shape index (κ1) is 23.9. The summed E-state index contributed by atoms with van der Waals surface area (Å²) in [4.78, 5) is 22.9. The van der Waals surface area contributed by atoms with Crippen LogP contribution < -0.4 is 0 Å². The number of likely N-dealkylation sites (N-methyl/N-ethyl adjacent to an activating group) is 1. The molecule has 2 atom stereocenters. The van der Waals surface area contributed by atoms with E-state index >= 15 is 0 Å². The molecule has 0 spiro atoms. The Morgan fingerprint density at radius 3 is 2.04 bits per heavy atom. The summed E-state index contributed by atoms with van der Waals surface area (Å²) >= 11 is 0. The van der Waals surface area contributed by atoms with Gasteiger partial charge in [0.2, 0.25) is 0 Å². The number of rotatable bonds is 15. The summed E-state index contributed by atoms with van der Waals surface area (Å²) in [6.45, 7) is 2.61. The third kappa shape index (κ3) is 16.1. The van der Waals surface area contributed by atoms with Gasteiger partial charge in [0.15, 0.2) is 6.10 Å². The number of aliphatic hydroxyl groups is 1. The SMILES string of the molecule is CCCCCCCCCC(O)CC(=O)OC(CC(=O)O)C[N+](C)(C)C. The summed E-state index contributed by atoms with van der Waals surface area (Å²) in [5.41, 5.74) is 0. The summed E-state index contributed by atoms with van der Waals surface area (Å²) < 4.78 is 5.79. The van der Waals surface area contributed by atoms with Gasteiger partial charge in [-0.05, 0) is 6.42 Å². The molecule has 0 aliphatic heterocycles. The predicted octanol–water partition coefficient (Wildman–Crippen LogP) is 2.97. The Balaban J connectivity index is 4.04. The highest BCUT2D eigenvalue weighted by molar-refractivity contribution is 5.71. The molecule has 25 heavy (non-hydrogen) atoms. The van der Waals surface area contributed by atoms with Crippen molar-refractivity contribution in [1.82, 2.24) is 0 Å². The van der Waals surface area contributed by atoms with Crippen LogP contribution in [0.5, 0.6) is 0 Å². The van der Waals surface area contributed by atoms with Crippen molar-refractivity contribution in [2.24, 2.45) is 0 Å². The molecule has 0 aromatic carbocycles. The zero-order chi connectivity index (χ0) is 19.3. The van der Waals surface area contributed by atoms with Crippen LogP contribution in [0.25, 0.3) is 0 Å². The van der Waals surface area contributed by atoms with Gasteiger partial charge in [0.05, 0.1) is 40.1 Å². The number of unbranched alkanes of at least 4 members (excludes halogenated alkanes) is 6. The van der Waals surface area contributed by atoms with Gasteiger partial charge in [0.25, 0.3) is 0 Å². The van der Waals surface area contributed by atoms with Gasteiger partial charge in [-0.1, -0.05) is 51.9 Å². The van der Waals surface area contributed by atoms with Gasteiger partial charge in [0, 0.05) is 0 Å². The van der Waals surface area contributed by atoms with Gasteiger partial charge in [-0.3, -0.25) is 9.59 Å². The molecule has 0 aliphatic carbocycles. The highest BCUT2D eigenvalue weighted by atomic mass is 16.5. The highest BCUT2D eigenvalue weighted by Gasteiger charge is 2.25. The lowest BCUT2D eigenvalue weighted by molar-refractivity contribution is -0.873. The number of carbonyl (C=O) groups excluding carboxylic acids is 1. The molecule has 0 aromatic rings. The molecule has 2 unspecified atom stereocenters. The molecular weight excluding hydrogens is 322 g/mol. The third-order valence-electron chi connectivity index (χ3n) is 3.99. The van der Waals surface area contributed by atoms with E-state index in [9.17, 15) is 14.7 Å². The van der Waals surface area contributed by atoms with E-state index in [1.807, 2.05) is 21.1 Å². The van der Waals surface area contributed by atoms with E-state index in [0.717, 1.165) is 12.8 Å². The lowest BCUT2D eigenvalue weighted by Gasteiger charge is -2.28. The van der Waals surface area contributed by atoms with Crippen molar-refractivity contribution in [3.05, 3.63) is 0 Å². The van der Waals surface area contributed by atoms with Crippen molar-refractivity contribution >= 4 is 11.9 Å². The van der Waals surface area contributed by atoms with Crippen LogP contribution in [0.3, 0.4) is 0 Å². The molecule has 0 fully saturated rings. The fraction of sp³-hybridized carbons (Fsp3) is 0.895. The molecule has 6 nitrogen and oxygen atoms in total. The Morgan fingerprint density at radius 1 is 0.960 bits per heavy atom. The maximum atomic E-state index is 12.0. The minimum atomic E-state index is -0.991. The zero-order valence-electron chi connectivity index (χ0n) is 16.5.